The van der Waals surface area contributed by atoms with Gasteiger partial charge in [-0.1, -0.05) is 13.8 Å². The van der Waals surface area contributed by atoms with Crippen LogP contribution >= 0.6 is 0 Å². The average Bonchev–Trinajstić information content (AvgIpc) is 2.93. The van der Waals surface area contributed by atoms with Crippen LogP contribution in [0.25, 0.3) is 0 Å². The predicted molar refractivity (Wildman–Crippen MR) is 64.9 cm³/mol. The van der Waals surface area contributed by atoms with Gasteiger partial charge < -0.3 is 10.6 Å². The average molecular weight is 224 g/mol. The zero-order chi connectivity index (χ0) is 11.8. The van der Waals surface area contributed by atoms with Crippen molar-refractivity contribution in [1.82, 2.24) is 4.90 Å². The number of hydrogen-bond acceptors (Lipinski definition) is 2. The molecule has 3 heteroatoms. The van der Waals surface area contributed by atoms with Gasteiger partial charge in [0.2, 0.25) is 5.91 Å². The quantitative estimate of drug-likeness (QED) is 0.791. The van der Waals surface area contributed by atoms with Crippen LogP contribution in [-0.4, -0.2) is 29.9 Å². The maximum Gasteiger partial charge on any atom is 0.230 e. The summed E-state index contributed by atoms with van der Waals surface area (Å²) >= 11 is 0. The van der Waals surface area contributed by atoms with Crippen molar-refractivity contribution >= 4 is 5.91 Å². The standard InChI is InChI=1S/C13H24N2O/c1-3-13(4-2,9-14)12(16)15-8-10-5-6-11(15)7-10/h10-11H,3-9,14H2,1-2H3. The summed E-state index contributed by atoms with van der Waals surface area (Å²) in [5, 5.41) is 0. The third kappa shape index (κ3) is 1.65. The maximum atomic E-state index is 12.6. The Labute approximate surface area is 98.4 Å². The third-order valence-electron chi connectivity index (χ3n) is 4.87. The van der Waals surface area contributed by atoms with Gasteiger partial charge in [0, 0.05) is 19.1 Å². The molecule has 0 aromatic carbocycles. The van der Waals surface area contributed by atoms with Crippen molar-refractivity contribution in [3.05, 3.63) is 0 Å². The molecule has 0 aromatic rings. The lowest BCUT2D eigenvalue weighted by atomic mass is 9.80. The van der Waals surface area contributed by atoms with Gasteiger partial charge in [0.1, 0.15) is 0 Å². The van der Waals surface area contributed by atoms with Crippen LogP contribution in [0.4, 0.5) is 0 Å². The summed E-state index contributed by atoms with van der Waals surface area (Å²) in [5.41, 5.74) is 5.56. The fourth-order valence-electron chi connectivity index (χ4n) is 3.41. The lowest BCUT2D eigenvalue weighted by molar-refractivity contribution is -0.144. The van der Waals surface area contributed by atoms with E-state index >= 15 is 0 Å². The number of carbonyl (C=O) groups excluding carboxylic acids is 1. The van der Waals surface area contributed by atoms with E-state index in [9.17, 15) is 4.79 Å². The molecule has 2 rings (SSSR count). The highest BCUT2D eigenvalue weighted by Crippen LogP contribution is 2.40. The van der Waals surface area contributed by atoms with Crippen molar-refractivity contribution in [2.45, 2.75) is 52.0 Å². The van der Waals surface area contributed by atoms with E-state index in [4.69, 9.17) is 5.73 Å². The minimum absolute atomic E-state index is 0.287. The number of hydrogen-bond donors (Lipinski definition) is 1. The molecule has 2 atom stereocenters. The topological polar surface area (TPSA) is 46.3 Å². The normalized spacial score (nSPS) is 28.8. The smallest absolute Gasteiger partial charge is 0.230 e. The van der Waals surface area contributed by atoms with Gasteiger partial charge in [0.05, 0.1) is 5.41 Å². The van der Waals surface area contributed by atoms with Crippen molar-refractivity contribution in [2.75, 3.05) is 13.1 Å². The minimum atomic E-state index is -0.287. The largest absolute Gasteiger partial charge is 0.339 e. The molecule has 2 bridgehead atoms. The van der Waals surface area contributed by atoms with E-state index < -0.39 is 0 Å². The summed E-state index contributed by atoms with van der Waals surface area (Å²) in [6.07, 6.45) is 5.51. The molecular weight excluding hydrogens is 200 g/mol. The highest BCUT2D eigenvalue weighted by atomic mass is 16.2. The monoisotopic (exact) mass is 224 g/mol. The number of piperidine rings is 1. The summed E-state index contributed by atoms with van der Waals surface area (Å²) < 4.78 is 0. The van der Waals surface area contributed by atoms with Gasteiger partial charge in [-0.15, -0.1) is 0 Å². The van der Waals surface area contributed by atoms with Crippen LogP contribution in [0, 0.1) is 11.3 Å². The first-order chi connectivity index (χ1) is 7.66. The number of amides is 1. The van der Waals surface area contributed by atoms with Gasteiger partial charge in [0.15, 0.2) is 0 Å². The molecule has 1 heterocycles. The van der Waals surface area contributed by atoms with Crippen molar-refractivity contribution in [1.29, 1.82) is 0 Å². The minimum Gasteiger partial charge on any atom is -0.339 e. The predicted octanol–water partition coefficient (Wildman–Crippen LogP) is 1.76. The lowest BCUT2D eigenvalue weighted by Crippen LogP contribution is -2.50. The van der Waals surface area contributed by atoms with Crippen LogP contribution in [0.15, 0.2) is 0 Å². The van der Waals surface area contributed by atoms with E-state index in [1.807, 2.05) is 0 Å². The number of fused-ring (bicyclic) bond motifs is 2. The number of nitrogens with two attached hydrogens (primary N) is 1. The first-order valence-electron chi connectivity index (χ1n) is 6.68. The van der Waals surface area contributed by atoms with E-state index in [-0.39, 0.29) is 5.41 Å². The van der Waals surface area contributed by atoms with E-state index in [2.05, 4.69) is 18.7 Å². The molecule has 1 amide bonds. The Morgan fingerprint density at radius 2 is 2.06 bits per heavy atom. The molecule has 0 radical (unpaired) electrons. The Morgan fingerprint density at radius 1 is 1.38 bits per heavy atom. The Kier molecular flexibility index (Phi) is 3.24. The van der Waals surface area contributed by atoms with Crippen LogP contribution in [0.5, 0.6) is 0 Å². The van der Waals surface area contributed by atoms with Gasteiger partial charge in [-0.25, -0.2) is 0 Å². The molecule has 0 spiro atoms. The fourth-order valence-corrected chi connectivity index (χ4v) is 3.41. The second-order valence-electron chi connectivity index (χ2n) is 5.48. The second kappa shape index (κ2) is 4.36. The highest BCUT2D eigenvalue weighted by Gasteiger charge is 2.46. The van der Waals surface area contributed by atoms with Gasteiger partial charge in [-0.3, -0.25) is 4.79 Å². The zero-order valence-corrected chi connectivity index (χ0v) is 10.5. The van der Waals surface area contributed by atoms with E-state index in [0.29, 0.717) is 18.5 Å². The third-order valence-corrected chi connectivity index (χ3v) is 4.87. The van der Waals surface area contributed by atoms with Crippen LogP contribution in [0.3, 0.4) is 0 Å². The molecule has 16 heavy (non-hydrogen) atoms. The Bertz CT molecular complexity index is 265. The SMILES string of the molecule is CCC(CC)(CN)C(=O)N1CC2CCC1C2. The Morgan fingerprint density at radius 3 is 2.44 bits per heavy atom. The van der Waals surface area contributed by atoms with Gasteiger partial charge in [-0.05, 0) is 38.0 Å². The van der Waals surface area contributed by atoms with E-state index in [1.54, 1.807) is 0 Å². The summed E-state index contributed by atoms with van der Waals surface area (Å²) in [4.78, 5) is 14.7. The Balaban J connectivity index is 2.11. The molecule has 2 unspecified atom stereocenters. The fraction of sp³-hybridized carbons (Fsp3) is 0.923. The molecule has 0 aromatic heterocycles. The molecule has 1 aliphatic heterocycles. The lowest BCUT2D eigenvalue weighted by Gasteiger charge is -2.37. The Hall–Kier alpha value is -0.570. The van der Waals surface area contributed by atoms with Crippen LogP contribution in [0.2, 0.25) is 0 Å². The maximum absolute atomic E-state index is 12.6. The van der Waals surface area contributed by atoms with Crippen molar-refractivity contribution < 1.29 is 4.79 Å². The van der Waals surface area contributed by atoms with E-state index in [0.717, 1.165) is 25.3 Å². The number of carbonyl (C=O) groups is 1. The second-order valence-corrected chi connectivity index (χ2v) is 5.48. The zero-order valence-electron chi connectivity index (χ0n) is 10.5. The first-order valence-corrected chi connectivity index (χ1v) is 6.68. The number of rotatable bonds is 4. The molecule has 3 nitrogen and oxygen atoms in total. The van der Waals surface area contributed by atoms with Gasteiger partial charge >= 0.3 is 0 Å². The number of likely N-dealkylation sites (tertiary alicyclic amines) is 1. The van der Waals surface area contributed by atoms with Gasteiger partial charge in [0.25, 0.3) is 0 Å². The van der Waals surface area contributed by atoms with Crippen LogP contribution < -0.4 is 5.73 Å². The van der Waals surface area contributed by atoms with Gasteiger partial charge in [-0.2, -0.15) is 0 Å². The molecule has 2 fully saturated rings. The summed E-state index contributed by atoms with van der Waals surface area (Å²) in [6, 6.07) is 0.529. The molecule has 1 aliphatic carbocycles. The molecule has 1 saturated carbocycles. The molecule has 2 N–H and O–H groups in total. The van der Waals surface area contributed by atoms with Crippen LogP contribution in [0.1, 0.15) is 46.0 Å². The summed E-state index contributed by atoms with van der Waals surface area (Å²) in [5.74, 6) is 1.10. The molecule has 2 aliphatic rings. The highest BCUT2D eigenvalue weighted by molar-refractivity contribution is 5.83. The molecular formula is C13H24N2O. The van der Waals surface area contributed by atoms with Crippen molar-refractivity contribution in [3.63, 3.8) is 0 Å². The van der Waals surface area contributed by atoms with Crippen LogP contribution in [-0.2, 0) is 4.79 Å². The molecule has 1 saturated heterocycles. The number of nitrogens with zero attached hydrogens (tertiary/aromatic N) is 1. The van der Waals surface area contributed by atoms with Crippen molar-refractivity contribution in [3.8, 4) is 0 Å². The first kappa shape index (κ1) is 11.9. The van der Waals surface area contributed by atoms with Crippen molar-refractivity contribution in [2.24, 2.45) is 17.1 Å². The summed E-state index contributed by atoms with van der Waals surface area (Å²) in [6.45, 7) is 5.66. The summed E-state index contributed by atoms with van der Waals surface area (Å²) in [7, 11) is 0. The van der Waals surface area contributed by atoms with E-state index in [1.165, 1.54) is 19.3 Å². The molecule has 92 valence electrons.